The van der Waals surface area contributed by atoms with Crippen molar-refractivity contribution in [2.45, 2.75) is 30.7 Å². The van der Waals surface area contributed by atoms with E-state index in [2.05, 4.69) is 0 Å². The molecule has 0 N–H and O–H groups in total. The van der Waals surface area contributed by atoms with Gasteiger partial charge in [-0.1, -0.05) is 60.7 Å². The largest absolute Gasteiger partial charge is 0.467 e. The first-order valence-corrected chi connectivity index (χ1v) is 18.0. The van der Waals surface area contributed by atoms with Gasteiger partial charge >= 0.3 is 0 Å². The maximum absolute atomic E-state index is 14.0. The molecule has 0 saturated carbocycles. The van der Waals surface area contributed by atoms with E-state index in [9.17, 15) is 19.2 Å². The first-order chi connectivity index (χ1) is 27.0. The molecule has 10 rings (SSSR count). The fourth-order valence-corrected chi connectivity index (χ4v) is 8.19. The Morgan fingerprint density at radius 1 is 0.418 bits per heavy atom. The van der Waals surface area contributed by atoms with Gasteiger partial charge in [-0.15, -0.1) is 0 Å². The third-order valence-corrected chi connectivity index (χ3v) is 10.7. The van der Waals surface area contributed by atoms with Gasteiger partial charge < -0.3 is 8.83 Å². The Labute approximate surface area is 314 Å². The Morgan fingerprint density at radius 3 is 1.18 bits per heavy atom. The van der Waals surface area contributed by atoms with Crippen LogP contribution in [0.2, 0.25) is 0 Å². The highest BCUT2D eigenvalue weighted by atomic mass is 16.7. The summed E-state index contributed by atoms with van der Waals surface area (Å²) in [5.74, 6) is -2.11. The van der Waals surface area contributed by atoms with Crippen LogP contribution in [-0.4, -0.2) is 35.8 Å². The second-order valence-corrected chi connectivity index (χ2v) is 13.9. The number of benzene rings is 4. The average molecular weight is 733 g/mol. The molecule has 0 spiro atoms. The number of fused-ring (bicyclic) bond motifs is 2. The second kappa shape index (κ2) is 13.0. The number of nitrogens with zero attached hydrogens (tertiary/aromatic N) is 4. The monoisotopic (exact) mass is 732 g/mol. The van der Waals surface area contributed by atoms with Gasteiger partial charge in [-0.05, 0) is 90.3 Å². The third-order valence-electron chi connectivity index (χ3n) is 10.7. The molecular weight excluding hydrogens is 700 g/mol. The van der Waals surface area contributed by atoms with Crippen LogP contribution in [0.5, 0.6) is 0 Å². The van der Waals surface area contributed by atoms with E-state index in [-0.39, 0.29) is 11.8 Å². The molecule has 6 heterocycles. The van der Waals surface area contributed by atoms with Crippen molar-refractivity contribution in [3.63, 3.8) is 0 Å². The second-order valence-electron chi connectivity index (χ2n) is 13.9. The van der Waals surface area contributed by atoms with Crippen LogP contribution in [0.4, 0.5) is 22.7 Å². The van der Waals surface area contributed by atoms with Crippen LogP contribution >= 0.6 is 0 Å². The van der Waals surface area contributed by atoms with Gasteiger partial charge in [-0.2, -0.15) is 0 Å². The number of rotatable bonds is 8. The molecule has 6 unspecified atom stereocenters. The number of imide groups is 2. The lowest BCUT2D eigenvalue weighted by Gasteiger charge is -2.27. The minimum absolute atomic E-state index is 0.359. The van der Waals surface area contributed by atoms with E-state index in [1.165, 1.54) is 9.80 Å². The summed E-state index contributed by atoms with van der Waals surface area (Å²) >= 11 is 0. The predicted octanol–water partition coefficient (Wildman–Crippen LogP) is 6.57. The molecule has 4 aromatic carbocycles. The molecule has 0 aliphatic carbocycles. The van der Waals surface area contributed by atoms with Crippen LogP contribution in [0.15, 0.2) is 155 Å². The predicted molar refractivity (Wildman–Crippen MR) is 198 cm³/mol. The van der Waals surface area contributed by atoms with E-state index in [1.54, 1.807) is 71.2 Å². The Kier molecular flexibility index (Phi) is 7.75. The minimum atomic E-state index is -1.000. The van der Waals surface area contributed by atoms with Crippen molar-refractivity contribution >= 4 is 46.4 Å². The molecule has 4 aliphatic rings. The third kappa shape index (κ3) is 5.29. The van der Waals surface area contributed by atoms with Gasteiger partial charge in [-0.3, -0.25) is 28.9 Å². The Morgan fingerprint density at radius 2 is 0.818 bits per heavy atom. The Hall–Kier alpha value is -6.76. The van der Waals surface area contributed by atoms with Crippen molar-refractivity contribution in [1.82, 2.24) is 0 Å². The number of carbonyl (C=O) groups excluding carboxylic acids is 4. The van der Waals surface area contributed by atoms with Gasteiger partial charge in [0.15, 0.2) is 12.2 Å². The van der Waals surface area contributed by atoms with Crippen LogP contribution in [0.1, 0.15) is 34.7 Å². The van der Waals surface area contributed by atoms with E-state index in [0.717, 1.165) is 11.1 Å². The average Bonchev–Trinajstić information content (AvgIpc) is 4.08. The van der Waals surface area contributed by atoms with Gasteiger partial charge in [0.2, 0.25) is 11.8 Å². The smallest absolute Gasteiger partial charge is 0.266 e. The number of hydroxylamine groups is 2. The van der Waals surface area contributed by atoms with Gasteiger partial charge in [-0.25, -0.2) is 19.9 Å². The summed E-state index contributed by atoms with van der Waals surface area (Å²) < 4.78 is 11.4. The molecule has 0 bridgehead atoms. The summed E-state index contributed by atoms with van der Waals surface area (Å²) in [6.07, 6.45) is 1.62. The topological polar surface area (TPSA) is 126 Å². The molecule has 0 radical (unpaired) electrons. The SMILES string of the molecule is O=C1C2ON(c3ccccc3)C(c3ccco3)C2C(=O)N1c1ccc(Cc2ccc(N3C(=O)C4ON(c5ccccc5)C(c5ccco5)C4C3=O)cc2)cc1. The zero-order valence-electron chi connectivity index (χ0n) is 29.1. The van der Waals surface area contributed by atoms with Gasteiger partial charge in [0.05, 0.1) is 35.3 Å². The normalized spacial score (nSPS) is 24.7. The summed E-state index contributed by atoms with van der Waals surface area (Å²) in [6.45, 7) is 0. The highest BCUT2D eigenvalue weighted by Crippen LogP contribution is 2.49. The van der Waals surface area contributed by atoms with Crippen molar-refractivity contribution in [2.75, 3.05) is 19.9 Å². The van der Waals surface area contributed by atoms with Crippen molar-refractivity contribution in [2.24, 2.45) is 11.8 Å². The maximum atomic E-state index is 14.0. The van der Waals surface area contributed by atoms with E-state index in [0.29, 0.717) is 40.7 Å². The number of hydrogen-bond donors (Lipinski definition) is 0. The first kappa shape index (κ1) is 32.9. The number of hydrogen-bond acceptors (Lipinski definition) is 10. The number of amides is 4. The number of anilines is 4. The lowest BCUT2D eigenvalue weighted by molar-refractivity contribution is -0.127. The highest BCUT2D eigenvalue weighted by molar-refractivity contribution is 6.24. The van der Waals surface area contributed by atoms with Crippen LogP contribution in [-0.2, 0) is 35.3 Å². The summed E-state index contributed by atoms with van der Waals surface area (Å²) in [4.78, 5) is 70.1. The molecular formula is C43H32N4O8. The van der Waals surface area contributed by atoms with E-state index < -0.39 is 47.9 Å². The standard InChI is InChI=1S/C43H32N4O8/c48-40-34-36(32-13-7-23-52-32)46(30-9-3-1-4-10-30)54-38(34)42(50)44(40)28-19-15-26(16-20-28)25-27-17-21-29(22-18-27)45-41(49)35-37(33-14-8-24-53-33)47(55-39(35)43(45)51)31-11-5-2-6-12-31/h1-24,34-39H,25H2. The van der Waals surface area contributed by atoms with E-state index in [1.807, 2.05) is 84.9 Å². The number of furan rings is 2. The van der Waals surface area contributed by atoms with Gasteiger partial charge in [0.25, 0.3) is 11.8 Å². The summed E-state index contributed by atoms with van der Waals surface area (Å²) in [6, 6.07) is 39.0. The summed E-state index contributed by atoms with van der Waals surface area (Å²) in [7, 11) is 0. The van der Waals surface area contributed by atoms with E-state index >= 15 is 0 Å². The maximum Gasteiger partial charge on any atom is 0.266 e. The number of para-hydroxylation sites is 2. The molecule has 4 fully saturated rings. The molecule has 272 valence electrons. The molecule has 2 aromatic heterocycles. The highest BCUT2D eigenvalue weighted by Gasteiger charge is 2.62. The lowest BCUT2D eigenvalue weighted by Crippen LogP contribution is -2.37. The molecule has 12 heteroatoms. The summed E-state index contributed by atoms with van der Waals surface area (Å²) in [5, 5.41) is 3.20. The molecule has 4 aliphatic heterocycles. The zero-order chi connectivity index (χ0) is 37.2. The van der Waals surface area contributed by atoms with Gasteiger partial charge in [0.1, 0.15) is 35.4 Å². The minimum Gasteiger partial charge on any atom is -0.467 e. The fourth-order valence-electron chi connectivity index (χ4n) is 8.19. The van der Waals surface area contributed by atoms with Crippen LogP contribution < -0.4 is 19.9 Å². The molecule has 55 heavy (non-hydrogen) atoms. The van der Waals surface area contributed by atoms with Crippen molar-refractivity contribution < 1.29 is 37.7 Å². The quantitative estimate of drug-likeness (QED) is 0.159. The lowest BCUT2D eigenvalue weighted by atomic mass is 9.94. The molecule has 4 saturated heterocycles. The van der Waals surface area contributed by atoms with Crippen molar-refractivity contribution in [1.29, 1.82) is 0 Å². The zero-order valence-corrected chi connectivity index (χ0v) is 29.1. The Balaban J connectivity index is 0.841. The van der Waals surface area contributed by atoms with Crippen LogP contribution in [0.3, 0.4) is 0 Å². The van der Waals surface area contributed by atoms with Crippen LogP contribution in [0.25, 0.3) is 0 Å². The molecule has 12 nitrogen and oxygen atoms in total. The molecule has 6 atom stereocenters. The molecule has 4 amide bonds. The number of carbonyl (C=O) groups is 4. The first-order valence-electron chi connectivity index (χ1n) is 18.0. The van der Waals surface area contributed by atoms with Gasteiger partial charge in [0, 0.05) is 0 Å². The van der Waals surface area contributed by atoms with Crippen molar-refractivity contribution in [3.8, 4) is 0 Å². The fraction of sp³-hybridized carbons (Fsp3) is 0.163. The molecule has 6 aromatic rings. The Bertz CT molecular complexity index is 2220. The van der Waals surface area contributed by atoms with Crippen LogP contribution in [0, 0.1) is 11.8 Å². The van der Waals surface area contributed by atoms with Crippen molar-refractivity contribution in [3.05, 3.63) is 169 Å². The summed E-state index contributed by atoms with van der Waals surface area (Å²) in [5.41, 5.74) is 4.21. The van der Waals surface area contributed by atoms with E-state index in [4.69, 9.17) is 18.5 Å².